The number of nitrogens with zero attached hydrogens (tertiary/aromatic N) is 3. The number of carbonyl (C=O) groups excluding carboxylic acids is 1. The van der Waals surface area contributed by atoms with Crippen molar-refractivity contribution in [1.29, 1.82) is 0 Å². The lowest BCUT2D eigenvalue weighted by atomic mass is 9.95. The predicted octanol–water partition coefficient (Wildman–Crippen LogP) is 4.39. The van der Waals surface area contributed by atoms with Crippen molar-refractivity contribution in [3.05, 3.63) is 71.4 Å². The minimum atomic E-state index is -0.390. The van der Waals surface area contributed by atoms with Gasteiger partial charge in [-0.2, -0.15) is 4.98 Å². The van der Waals surface area contributed by atoms with E-state index in [0.717, 1.165) is 36.9 Å². The number of rotatable bonds is 5. The summed E-state index contributed by atoms with van der Waals surface area (Å²) in [6.07, 6.45) is 3.17. The first-order chi connectivity index (χ1) is 14.1. The fourth-order valence-corrected chi connectivity index (χ4v) is 3.75. The molecule has 0 spiro atoms. The van der Waals surface area contributed by atoms with Crippen LogP contribution in [0.15, 0.2) is 53.1 Å². The maximum Gasteiger partial charge on any atom is 0.337 e. The number of likely N-dealkylation sites (tertiary alicyclic amines) is 1. The van der Waals surface area contributed by atoms with Crippen LogP contribution in [0.2, 0.25) is 0 Å². The van der Waals surface area contributed by atoms with Crippen molar-refractivity contribution in [1.82, 2.24) is 15.0 Å². The van der Waals surface area contributed by atoms with E-state index in [0.29, 0.717) is 23.8 Å². The summed E-state index contributed by atoms with van der Waals surface area (Å²) >= 11 is 0. The highest BCUT2D eigenvalue weighted by Gasteiger charge is 2.26. The van der Waals surface area contributed by atoms with Gasteiger partial charge in [0.1, 0.15) is 5.82 Å². The van der Waals surface area contributed by atoms with E-state index in [9.17, 15) is 9.18 Å². The Kier molecular flexibility index (Phi) is 5.67. The maximum atomic E-state index is 13.7. The van der Waals surface area contributed by atoms with E-state index >= 15 is 0 Å². The fraction of sp³-hybridized carbons (Fsp3) is 0.318. The predicted molar refractivity (Wildman–Crippen MR) is 104 cm³/mol. The molecule has 2 heterocycles. The molecule has 1 unspecified atom stereocenters. The number of methoxy groups -OCH3 is 1. The quantitative estimate of drug-likeness (QED) is 0.597. The number of aromatic nitrogens is 2. The summed E-state index contributed by atoms with van der Waals surface area (Å²) in [4.78, 5) is 18.3. The second-order valence-electron chi connectivity index (χ2n) is 7.12. The van der Waals surface area contributed by atoms with Gasteiger partial charge in [-0.1, -0.05) is 35.8 Å². The molecule has 1 saturated heterocycles. The molecule has 7 heteroatoms. The van der Waals surface area contributed by atoms with E-state index in [-0.39, 0.29) is 17.8 Å². The molecule has 2 aromatic carbocycles. The standard InChI is InChI=1S/C22H22FN3O3/c1-28-22(27)16-10-8-15(9-11-16)21-24-20(29-25-21)14-26-12-3-2-7-19(26)17-5-4-6-18(23)13-17/h4-6,8-11,13,19H,2-3,7,12,14H2,1H3. The molecule has 0 saturated carbocycles. The molecule has 1 fully saturated rings. The van der Waals surface area contributed by atoms with Gasteiger partial charge in [-0.05, 0) is 49.2 Å². The topological polar surface area (TPSA) is 68.5 Å². The third kappa shape index (κ3) is 4.35. The third-order valence-corrected chi connectivity index (χ3v) is 5.22. The Morgan fingerprint density at radius 1 is 1.24 bits per heavy atom. The number of carbonyl (C=O) groups is 1. The lowest BCUT2D eigenvalue weighted by Crippen LogP contribution is -2.33. The minimum absolute atomic E-state index is 0.133. The van der Waals surface area contributed by atoms with E-state index in [4.69, 9.17) is 9.26 Å². The Labute approximate surface area is 168 Å². The summed E-state index contributed by atoms with van der Waals surface area (Å²) in [5.74, 6) is 0.374. The van der Waals surface area contributed by atoms with Crippen LogP contribution >= 0.6 is 0 Å². The molecule has 0 N–H and O–H groups in total. The Morgan fingerprint density at radius 2 is 2.07 bits per heavy atom. The summed E-state index contributed by atoms with van der Waals surface area (Å²) in [5, 5.41) is 4.07. The second kappa shape index (κ2) is 8.53. The molecule has 0 amide bonds. The molecular formula is C22H22FN3O3. The van der Waals surface area contributed by atoms with Gasteiger partial charge < -0.3 is 9.26 Å². The summed E-state index contributed by atoms with van der Waals surface area (Å²) < 4.78 is 23.8. The largest absolute Gasteiger partial charge is 0.465 e. The van der Waals surface area contributed by atoms with Crippen molar-refractivity contribution in [3.63, 3.8) is 0 Å². The first-order valence-electron chi connectivity index (χ1n) is 9.65. The van der Waals surface area contributed by atoms with Crippen molar-refractivity contribution >= 4 is 5.97 Å². The Bertz CT molecular complexity index is 987. The van der Waals surface area contributed by atoms with Crippen LogP contribution in [-0.4, -0.2) is 34.7 Å². The van der Waals surface area contributed by atoms with Crippen LogP contribution in [-0.2, 0) is 11.3 Å². The molecular weight excluding hydrogens is 373 g/mol. The first-order valence-corrected chi connectivity index (χ1v) is 9.65. The number of hydrogen-bond donors (Lipinski definition) is 0. The zero-order valence-corrected chi connectivity index (χ0v) is 16.2. The highest BCUT2D eigenvalue weighted by molar-refractivity contribution is 5.89. The van der Waals surface area contributed by atoms with Gasteiger partial charge >= 0.3 is 5.97 Å². The number of halogens is 1. The summed E-state index contributed by atoms with van der Waals surface area (Å²) in [6.45, 7) is 1.40. The van der Waals surface area contributed by atoms with E-state index in [1.807, 2.05) is 6.07 Å². The molecule has 1 aliphatic rings. The normalized spacial score (nSPS) is 17.2. The Hall–Kier alpha value is -3.06. The van der Waals surface area contributed by atoms with Crippen molar-refractivity contribution in [2.24, 2.45) is 0 Å². The van der Waals surface area contributed by atoms with Crippen LogP contribution in [0.5, 0.6) is 0 Å². The van der Waals surface area contributed by atoms with Crippen molar-refractivity contribution < 1.29 is 18.4 Å². The van der Waals surface area contributed by atoms with Crippen molar-refractivity contribution in [2.75, 3.05) is 13.7 Å². The lowest BCUT2D eigenvalue weighted by Gasteiger charge is -2.35. The number of ether oxygens (including phenoxy) is 1. The van der Waals surface area contributed by atoms with E-state index in [1.165, 1.54) is 13.2 Å². The number of benzene rings is 2. The van der Waals surface area contributed by atoms with Gasteiger partial charge in [-0.15, -0.1) is 0 Å². The molecule has 150 valence electrons. The average Bonchev–Trinajstić information content (AvgIpc) is 3.22. The van der Waals surface area contributed by atoms with Crippen LogP contribution in [0.1, 0.15) is 47.1 Å². The molecule has 4 rings (SSSR count). The van der Waals surface area contributed by atoms with Crippen LogP contribution in [0, 0.1) is 5.82 Å². The molecule has 0 radical (unpaired) electrons. The van der Waals surface area contributed by atoms with E-state index in [1.54, 1.807) is 36.4 Å². The van der Waals surface area contributed by atoms with Crippen LogP contribution in [0.25, 0.3) is 11.4 Å². The molecule has 3 aromatic rings. The molecule has 29 heavy (non-hydrogen) atoms. The SMILES string of the molecule is COC(=O)c1ccc(-c2noc(CN3CCCCC3c3cccc(F)c3)n2)cc1. The van der Waals surface area contributed by atoms with E-state index in [2.05, 4.69) is 15.0 Å². The van der Waals surface area contributed by atoms with Gasteiger partial charge in [0.05, 0.1) is 19.2 Å². The third-order valence-electron chi connectivity index (χ3n) is 5.22. The highest BCUT2D eigenvalue weighted by atomic mass is 19.1. The zero-order chi connectivity index (χ0) is 20.2. The van der Waals surface area contributed by atoms with Crippen LogP contribution in [0.3, 0.4) is 0 Å². The molecule has 1 aliphatic heterocycles. The molecule has 1 atom stereocenters. The summed E-state index contributed by atoms with van der Waals surface area (Å²) in [5.41, 5.74) is 2.20. The van der Waals surface area contributed by atoms with E-state index < -0.39 is 0 Å². The van der Waals surface area contributed by atoms with Crippen LogP contribution < -0.4 is 0 Å². The monoisotopic (exact) mass is 395 g/mol. The highest BCUT2D eigenvalue weighted by Crippen LogP contribution is 2.32. The smallest absolute Gasteiger partial charge is 0.337 e. The Morgan fingerprint density at radius 3 is 2.83 bits per heavy atom. The molecule has 0 aliphatic carbocycles. The minimum Gasteiger partial charge on any atom is -0.465 e. The average molecular weight is 395 g/mol. The Balaban J connectivity index is 1.49. The maximum absolute atomic E-state index is 13.7. The van der Waals surface area contributed by atoms with Crippen molar-refractivity contribution in [3.8, 4) is 11.4 Å². The second-order valence-corrected chi connectivity index (χ2v) is 7.12. The number of piperidine rings is 1. The molecule has 1 aromatic heterocycles. The van der Waals surface area contributed by atoms with Gasteiger partial charge in [-0.3, -0.25) is 4.90 Å². The summed E-state index contributed by atoms with van der Waals surface area (Å²) in [6, 6.07) is 13.8. The van der Waals surface area contributed by atoms with Gasteiger partial charge in [0.15, 0.2) is 0 Å². The number of hydrogen-bond acceptors (Lipinski definition) is 6. The summed E-state index contributed by atoms with van der Waals surface area (Å²) in [7, 11) is 1.35. The lowest BCUT2D eigenvalue weighted by molar-refractivity contribution is 0.0600. The number of esters is 1. The van der Waals surface area contributed by atoms with Crippen molar-refractivity contribution in [2.45, 2.75) is 31.8 Å². The fourth-order valence-electron chi connectivity index (χ4n) is 3.75. The first kappa shape index (κ1) is 19.3. The molecule has 0 bridgehead atoms. The van der Waals surface area contributed by atoms with Gasteiger partial charge in [0, 0.05) is 11.6 Å². The van der Waals surface area contributed by atoms with Crippen LogP contribution in [0.4, 0.5) is 4.39 Å². The molecule has 6 nitrogen and oxygen atoms in total. The van der Waals surface area contributed by atoms with Gasteiger partial charge in [-0.25, -0.2) is 9.18 Å². The van der Waals surface area contributed by atoms with Gasteiger partial charge in [0.25, 0.3) is 0 Å². The van der Waals surface area contributed by atoms with Gasteiger partial charge in [0.2, 0.25) is 11.7 Å². The zero-order valence-electron chi connectivity index (χ0n) is 16.2.